The molecule has 4 nitrogen and oxygen atoms in total. The van der Waals surface area contributed by atoms with Crippen molar-refractivity contribution in [3.05, 3.63) is 35.6 Å². The second-order valence-corrected chi connectivity index (χ2v) is 7.29. The number of aliphatic imine (C=N–C) groups is 1. The van der Waals surface area contributed by atoms with Gasteiger partial charge in [-0.3, -0.25) is 4.99 Å². The lowest BCUT2D eigenvalue weighted by Gasteiger charge is -2.19. The lowest BCUT2D eigenvalue weighted by molar-refractivity contribution is 0.331. The zero-order valence-corrected chi connectivity index (χ0v) is 14.8. The van der Waals surface area contributed by atoms with Gasteiger partial charge in [0, 0.05) is 38.5 Å². The monoisotopic (exact) mass is 338 g/mol. The van der Waals surface area contributed by atoms with Crippen molar-refractivity contribution >= 4 is 17.7 Å². The summed E-state index contributed by atoms with van der Waals surface area (Å²) in [5, 5.41) is 7.46. The summed E-state index contributed by atoms with van der Waals surface area (Å²) in [5.74, 6) is 1.97. The van der Waals surface area contributed by atoms with Gasteiger partial charge in [-0.25, -0.2) is 4.39 Å². The first-order valence-electron chi connectivity index (χ1n) is 8.16. The maximum absolute atomic E-state index is 12.9. The molecule has 1 unspecified atom stereocenters. The van der Waals surface area contributed by atoms with Crippen molar-refractivity contribution in [2.45, 2.75) is 24.6 Å². The molecule has 2 rings (SSSR count). The fourth-order valence-corrected chi connectivity index (χ4v) is 3.78. The predicted octanol–water partition coefficient (Wildman–Crippen LogP) is 2.32. The minimum atomic E-state index is -0.187. The van der Waals surface area contributed by atoms with Gasteiger partial charge < -0.3 is 15.5 Å². The summed E-state index contributed by atoms with van der Waals surface area (Å²) < 4.78 is 12.9. The van der Waals surface area contributed by atoms with E-state index in [4.69, 9.17) is 0 Å². The molecule has 1 saturated heterocycles. The summed E-state index contributed by atoms with van der Waals surface area (Å²) in [4.78, 5) is 6.47. The normalized spacial score (nSPS) is 18.4. The van der Waals surface area contributed by atoms with Crippen LogP contribution in [0.3, 0.4) is 0 Å². The summed E-state index contributed by atoms with van der Waals surface area (Å²) in [6, 6.07) is 6.68. The molecule has 128 valence electrons. The van der Waals surface area contributed by atoms with Crippen LogP contribution in [0, 0.1) is 5.82 Å². The number of hydrogen-bond donors (Lipinski definition) is 2. The number of benzene rings is 1. The quantitative estimate of drug-likeness (QED) is 0.591. The van der Waals surface area contributed by atoms with Gasteiger partial charge in [-0.05, 0) is 43.3 Å². The lowest BCUT2D eigenvalue weighted by Crippen LogP contribution is -2.42. The molecule has 1 aliphatic rings. The van der Waals surface area contributed by atoms with Gasteiger partial charge in [0.05, 0.1) is 0 Å². The van der Waals surface area contributed by atoms with Gasteiger partial charge in [0.25, 0.3) is 0 Å². The van der Waals surface area contributed by atoms with E-state index in [2.05, 4.69) is 27.6 Å². The van der Waals surface area contributed by atoms with Crippen molar-refractivity contribution < 1.29 is 4.39 Å². The molecule has 0 spiro atoms. The first-order chi connectivity index (χ1) is 11.2. The van der Waals surface area contributed by atoms with Crippen LogP contribution in [0.1, 0.15) is 18.4 Å². The van der Waals surface area contributed by atoms with E-state index in [1.807, 2.05) is 23.9 Å². The number of likely N-dealkylation sites (N-methyl/N-ethyl adjacent to an activating group) is 1. The summed E-state index contributed by atoms with van der Waals surface area (Å²) in [5.41, 5.74) is 1.12. The molecule has 0 amide bonds. The summed E-state index contributed by atoms with van der Waals surface area (Å²) in [6.45, 7) is 3.52. The van der Waals surface area contributed by atoms with Crippen molar-refractivity contribution in [3.8, 4) is 0 Å². The van der Waals surface area contributed by atoms with Gasteiger partial charge >= 0.3 is 0 Å². The molecule has 0 aliphatic carbocycles. The third-order valence-electron chi connectivity index (χ3n) is 3.90. The topological polar surface area (TPSA) is 39.7 Å². The van der Waals surface area contributed by atoms with E-state index in [1.165, 1.54) is 30.7 Å². The maximum Gasteiger partial charge on any atom is 0.191 e. The highest BCUT2D eigenvalue weighted by Gasteiger charge is 2.15. The van der Waals surface area contributed by atoms with Gasteiger partial charge in [0.15, 0.2) is 5.96 Å². The minimum absolute atomic E-state index is 0.187. The number of thioether (sulfide) groups is 1. The van der Waals surface area contributed by atoms with Crippen LogP contribution >= 0.6 is 11.8 Å². The lowest BCUT2D eigenvalue weighted by atomic mass is 10.2. The van der Waals surface area contributed by atoms with Gasteiger partial charge in [-0.15, -0.1) is 0 Å². The number of hydrogen-bond acceptors (Lipinski definition) is 3. The molecular weight excluding hydrogens is 311 g/mol. The van der Waals surface area contributed by atoms with Crippen LogP contribution in [0.15, 0.2) is 29.3 Å². The number of rotatable bonds is 7. The van der Waals surface area contributed by atoms with Gasteiger partial charge in [-0.1, -0.05) is 12.1 Å². The number of nitrogens with zero attached hydrogens (tertiary/aromatic N) is 2. The summed E-state index contributed by atoms with van der Waals surface area (Å²) in [6.07, 6.45) is 2.63. The number of halogens is 1. The van der Waals surface area contributed by atoms with Crippen LogP contribution in [-0.2, 0) is 6.54 Å². The first kappa shape index (κ1) is 18.1. The van der Waals surface area contributed by atoms with Gasteiger partial charge in [0.2, 0.25) is 0 Å². The van der Waals surface area contributed by atoms with E-state index in [1.54, 1.807) is 7.05 Å². The molecule has 1 heterocycles. The second kappa shape index (κ2) is 9.78. The Morgan fingerprint density at radius 3 is 2.78 bits per heavy atom. The van der Waals surface area contributed by atoms with Gasteiger partial charge in [0.1, 0.15) is 5.82 Å². The number of nitrogens with one attached hydrogen (secondary N) is 2. The Bertz CT molecular complexity index is 486. The van der Waals surface area contributed by atoms with Crippen molar-refractivity contribution in [1.82, 2.24) is 15.5 Å². The van der Waals surface area contributed by atoms with Crippen LogP contribution in [-0.4, -0.2) is 55.6 Å². The fourth-order valence-electron chi connectivity index (χ4n) is 2.58. The van der Waals surface area contributed by atoms with E-state index < -0.39 is 0 Å². The first-order valence-corrected chi connectivity index (χ1v) is 9.21. The molecule has 0 aromatic heterocycles. The molecule has 1 aromatic carbocycles. The van der Waals surface area contributed by atoms with Crippen molar-refractivity contribution in [2.24, 2.45) is 4.99 Å². The Labute approximate surface area is 142 Å². The molecule has 1 atom stereocenters. The van der Waals surface area contributed by atoms with Crippen LogP contribution in [0.2, 0.25) is 0 Å². The van der Waals surface area contributed by atoms with Crippen molar-refractivity contribution in [2.75, 3.05) is 39.5 Å². The predicted molar refractivity (Wildman–Crippen MR) is 97.6 cm³/mol. The Hall–Kier alpha value is -1.27. The molecule has 1 aliphatic heterocycles. The van der Waals surface area contributed by atoms with Gasteiger partial charge in [-0.2, -0.15) is 11.8 Å². The molecule has 0 saturated carbocycles. The van der Waals surface area contributed by atoms with Crippen molar-refractivity contribution in [1.29, 1.82) is 0 Å². The molecule has 0 bridgehead atoms. The Morgan fingerprint density at radius 1 is 1.35 bits per heavy atom. The number of guanidine groups is 1. The van der Waals surface area contributed by atoms with Crippen molar-refractivity contribution in [3.63, 3.8) is 0 Å². The largest absolute Gasteiger partial charge is 0.355 e. The molecule has 0 radical (unpaired) electrons. The summed E-state index contributed by atoms with van der Waals surface area (Å²) >= 11 is 2.05. The van der Waals surface area contributed by atoms with E-state index in [-0.39, 0.29) is 5.82 Å². The molecule has 1 aromatic rings. The smallest absolute Gasteiger partial charge is 0.191 e. The zero-order chi connectivity index (χ0) is 16.5. The average Bonchev–Trinajstić information content (AvgIpc) is 3.06. The standard InChI is InChI=1S/C17H27FN4S/c1-19-17(21-12-16-4-3-11-23-16)20-9-10-22(2)13-14-5-7-15(18)8-6-14/h5-8,16H,3-4,9-13H2,1-2H3,(H2,19,20,21). The second-order valence-electron chi connectivity index (χ2n) is 5.88. The Balaban J connectivity index is 1.62. The van der Waals surface area contributed by atoms with E-state index in [0.717, 1.165) is 43.0 Å². The highest BCUT2D eigenvalue weighted by atomic mass is 32.2. The Morgan fingerprint density at radius 2 is 2.13 bits per heavy atom. The van der Waals surface area contributed by atoms with E-state index in [9.17, 15) is 4.39 Å². The van der Waals surface area contributed by atoms with E-state index in [0.29, 0.717) is 0 Å². The SMILES string of the molecule is CN=C(NCCN(C)Cc1ccc(F)cc1)NCC1CCCS1. The zero-order valence-electron chi connectivity index (χ0n) is 14.0. The maximum atomic E-state index is 12.9. The van der Waals surface area contributed by atoms with Crippen LogP contribution in [0.5, 0.6) is 0 Å². The van der Waals surface area contributed by atoms with Crippen LogP contribution in [0.4, 0.5) is 4.39 Å². The molecule has 1 fully saturated rings. The van der Waals surface area contributed by atoms with Crippen LogP contribution < -0.4 is 10.6 Å². The molecular formula is C17H27FN4S. The Kier molecular flexibility index (Phi) is 7.68. The van der Waals surface area contributed by atoms with Crippen LogP contribution in [0.25, 0.3) is 0 Å². The minimum Gasteiger partial charge on any atom is -0.355 e. The van der Waals surface area contributed by atoms with E-state index >= 15 is 0 Å². The molecule has 23 heavy (non-hydrogen) atoms. The molecule has 6 heteroatoms. The third kappa shape index (κ3) is 6.79. The molecule has 2 N–H and O–H groups in total. The summed E-state index contributed by atoms with van der Waals surface area (Å²) in [7, 11) is 3.87. The fraction of sp³-hybridized carbons (Fsp3) is 0.588. The highest BCUT2D eigenvalue weighted by molar-refractivity contribution is 8.00. The third-order valence-corrected chi connectivity index (χ3v) is 5.29. The average molecular weight is 338 g/mol. The highest BCUT2D eigenvalue weighted by Crippen LogP contribution is 2.25.